The quantitative estimate of drug-likeness (QED) is 0.700. The lowest BCUT2D eigenvalue weighted by Crippen LogP contribution is -2.43. The number of aryl methyl sites for hydroxylation is 1. The summed E-state index contributed by atoms with van der Waals surface area (Å²) in [6, 6.07) is 22.6. The molecule has 2 amide bonds. The number of benzene rings is 3. The van der Waals surface area contributed by atoms with E-state index in [-0.39, 0.29) is 18.7 Å². The van der Waals surface area contributed by atoms with Crippen LogP contribution < -0.4 is 20.7 Å². The van der Waals surface area contributed by atoms with Crippen molar-refractivity contribution in [2.24, 2.45) is 5.73 Å². The van der Waals surface area contributed by atoms with Crippen molar-refractivity contribution in [2.45, 2.75) is 13.1 Å². The largest absolute Gasteiger partial charge is 0.484 e. The molecule has 1 atom stereocenters. The Balaban J connectivity index is 1.73. The maximum absolute atomic E-state index is 13.4. The molecule has 6 heteroatoms. The van der Waals surface area contributed by atoms with Crippen molar-refractivity contribution in [1.29, 1.82) is 0 Å². The van der Waals surface area contributed by atoms with Gasteiger partial charge < -0.3 is 15.8 Å². The molecule has 0 aliphatic carbocycles. The molecule has 0 fully saturated rings. The number of amides is 2. The number of hydrogen-bond donors (Lipinski definition) is 2. The second-order valence-corrected chi connectivity index (χ2v) is 6.93. The van der Waals surface area contributed by atoms with Crippen molar-refractivity contribution in [2.75, 3.05) is 16.8 Å². The number of nitrogens with zero attached hydrogens (tertiary/aromatic N) is 1. The Morgan fingerprint density at radius 3 is 2.55 bits per heavy atom. The Bertz CT molecular complexity index is 1060. The second kappa shape index (κ2) is 7.67. The molecule has 0 saturated carbocycles. The van der Waals surface area contributed by atoms with Crippen LogP contribution in [0.15, 0.2) is 72.8 Å². The summed E-state index contributed by atoms with van der Waals surface area (Å²) in [7, 11) is 0. The highest BCUT2D eigenvalue weighted by molar-refractivity contribution is 6.12. The maximum atomic E-state index is 13.4. The monoisotopic (exact) mass is 387 g/mol. The Morgan fingerprint density at radius 1 is 1.07 bits per heavy atom. The van der Waals surface area contributed by atoms with Crippen LogP contribution >= 0.6 is 0 Å². The van der Waals surface area contributed by atoms with Crippen molar-refractivity contribution in [1.82, 2.24) is 0 Å². The number of ether oxygens (including phenoxy) is 1. The maximum Gasteiger partial charge on any atom is 0.262 e. The average Bonchev–Trinajstić information content (AvgIpc) is 2.72. The molecule has 3 N–H and O–H groups in total. The standard InChI is InChI=1S/C23H21N3O3/c1-15-5-4-6-17(13-15)26-22(25-20-8-3-2-7-19(20)23(26)28)16-9-11-18(12-10-16)29-14-21(24)27/h2-13,22,25H,14H2,1H3,(H2,24,27). The third kappa shape index (κ3) is 3.78. The van der Waals surface area contributed by atoms with Gasteiger partial charge >= 0.3 is 0 Å². The van der Waals surface area contributed by atoms with E-state index in [1.165, 1.54) is 0 Å². The van der Waals surface area contributed by atoms with E-state index in [1.807, 2.05) is 67.6 Å². The lowest BCUT2D eigenvalue weighted by molar-refractivity contribution is -0.119. The fraction of sp³-hybridized carbons (Fsp3) is 0.130. The Labute approximate surface area is 168 Å². The molecule has 0 spiro atoms. The van der Waals surface area contributed by atoms with E-state index in [1.54, 1.807) is 17.0 Å². The summed E-state index contributed by atoms with van der Waals surface area (Å²) in [6.45, 7) is 1.82. The summed E-state index contributed by atoms with van der Waals surface area (Å²) < 4.78 is 5.34. The van der Waals surface area contributed by atoms with Gasteiger partial charge in [0.25, 0.3) is 11.8 Å². The number of hydrogen-bond acceptors (Lipinski definition) is 4. The summed E-state index contributed by atoms with van der Waals surface area (Å²) in [5, 5.41) is 3.47. The number of rotatable bonds is 5. The SMILES string of the molecule is Cc1cccc(N2C(=O)c3ccccc3NC2c2ccc(OCC(N)=O)cc2)c1. The van der Waals surface area contributed by atoms with Crippen LogP contribution in [0.2, 0.25) is 0 Å². The first-order valence-corrected chi connectivity index (χ1v) is 9.30. The molecule has 4 rings (SSSR count). The Morgan fingerprint density at radius 2 is 1.83 bits per heavy atom. The number of fused-ring (bicyclic) bond motifs is 1. The minimum atomic E-state index is -0.532. The van der Waals surface area contributed by atoms with Gasteiger partial charge in [0.2, 0.25) is 0 Å². The van der Waals surface area contributed by atoms with Gasteiger partial charge in [-0.1, -0.05) is 36.4 Å². The van der Waals surface area contributed by atoms with Gasteiger partial charge in [-0.25, -0.2) is 0 Å². The molecule has 1 aliphatic heterocycles. The van der Waals surface area contributed by atoms with E-state index in [2.05, 4.69) is 5.32 Å². The van der Waals surface area contributed by atoms with E-state index in [9.17, 15) is 9.59 Å². The molecule has 0 saturated heterocycles. The van der Waals surface area contributed by atoms with Crippen LogP contribution in [0.4, 0.5) is 11.4 Å². The van der Waals surface area contributed by atoms with E-state index in [0.29, 0.717) is 11.3 Å². The normalized spacial score (nSPS) is 15.4. The molecule has 1 aliphatic rings. The number of nitrogens with two attached hydrogens (primary N) is 1. The predicted octanol–water partition coefficient (Wildman–Crippen LogP) is 3.63. The van der Waals surface area contributed by atoms with Gasteiger partial charge in [0.1, 0.15) is 11.9 Å². The highest BCUT2D eigenvalue weighted by Crippen LogP contribution is 2.37. The van der Waals surface area contributed by atoms with Crippen molar-refractivity contribution >= 4 is 23.2 Å². The van der Waals surface area contributed by atoms with Crippen LogP contribution in [0.3, 0.4) is 0 Å². The zero-order valence-electron chi connectivity index (χ0n) is 16.0. The molecule has 1 heterocycles. The molecular weight excluding hydrogens is 366 g/mol. The molecular formula is C23H21N3O3. The highest BCUT2D eigenvalue weighted by Gasteiger charge is 2.34. The molecule has 146 valence electrons. The predicted molar refractivity (Wildman–Crippen MR) is 112 cm³/mol. The van der Waals surface area contributed by atoms with Crippen molar-refractivity contribution in [3.8, 4) is 5.75 Å². The number of anilines is 2. The number of carbonyl (C=O) groups excluding carboxylic acids is 2. The number of nitrogens with one attached hydrogen (secondary N) is 1. The van der Waals surface area contributed by atoms with Gasteiger partial charge in [-0.05, 0) is 54.4 Å². The number of para-hydroxylation sites is 1. The van der Waals surface area contributed by atoms with Crippen LogP contribution in [0.1, 0.15) is 27.7 Å². The van der Waals surface area contributed by atoms with E-state index in [4.69, 9.17) is 10.5 Å². The van der Waals surface area contributed by atoms with Crippen molar-refractivity contribution < 1.29 is 14.3 Å². The minimum absolute atomic E-state index is 0.0657. The third-order valence-corrected chi connectivity index (χ3v) is 4.78. The van der Waals surface area contributed by atoms with Crippen molar-refractivity contribution in [3.05, 3.63) is 89.5 Å². The van der Waals surface area contributed by atoms with Crippen LogP contribution in [0.25, 0.3) is 0 Å². The van der Waals surface area contributed by atoms with Crippen LogP contribution in [0.5, 0.6) is 5.75 Å². The zero-order chi connectivity index (χ0) is 20.4. The second-order valence-electron chi connectivity index (χ2n) is 6.93. The topological polar surface area (TPSA) is 84.7 Å². The molecule has 3 aromatic carbocycles. The average molecular weight is 387 g/mol. The summed E-state index contributed by atoms with van der Waals surface area (Å²) in [5.41, 5.74) is 9.33. The molecule has 0 bridgehead atoms. The van der Waals surface area contributed by atoms with Gasteiger partial charge in [0, 0.05) is 11.4 Å². The summed E-state index contributed by atoms with van der Waals surface area (Å²) in [6.07, 6.45) is -0.385. The third-order valence-electron chi connectivity index (χ3n) is 4.78. The lowest BCUT2D eigenvalue weighted by Gasteiger charge is -2.38. The highest BCUT2D eigenvalue weighted by atomic mass is 16.5. The first kappa shape index (κ1) is 18.6. The summed E-state index contributed by atoms with van der Waals surface area (Å²) in [4.78, 5) is 26.0. The number of carbonyl (C=O) groups is 2. The first-order valence-electron chi connectivity index (χ1n) is 9.30. The van der Waals surface area contributed by atoms with E-state index >= 15 is 0 Å². The Hall–Kier alpha value is -3.80. The molecule has 0 aromatic heterocycles. The first-order chi connectivity index (χ1) is 14.0. The minimum Gasteiger partial charge on any atom is -0.484 e. The summed E-state index contributed by atoms with van der Waals surface area (Å²) in [5.74, 6) is -0.0583. The zero-order valence-corrected chi connectivity index (χ0v) is 16.0. The summed E-state index contributed by atoms with van der Waals surface area (Å²) >= 11 is 0. The van der Waals surface area contributed by atoms with Gasteiger partial charge in [0.05, 0.1) is 5.56 Å². The van der Waals surface area contributed by atoms with Crippen molar-refractivity contribution in [3.63, 3.8) is 0 Å². The van der Waals surface area contributed by atoms with Crippen LogP contribution in [-0.4, -0.2) is 18.4 Å². The molecule has 0 radical (unpaired) electrons. The van der Waals surface area contributed by atoms with Gasteiger partial charge in [-0.2, -0.15) is 0 Å². The molecule has 1 unspecified atom stereocenters. The molecule has 29 heavy (non-hydrogen) atoms. The van der Waals surface area contributed by atoms with Gasteiger partial charge in [-0.15, -0.1) is 0 Å². The van der Waals surface area contributed by atoms with E-state index in [0.717, 1.165) is 22.5 Å². The van der Waals surface area contributed by atoms with Crippen LogP contribution in [0, 0.1) is 6.92 Å². The molecule has 6 nitrogen and oxygen atoms in total. The smallest absolute Gasteiger partial charge is 0.262 e. The fourth-order valence-electron chi connectivity index (χ4n) is 3.43. The van der Waals surface area contributed by atoms with E-state index < -0.39 is 5.91 Å². The van der Waals surface area contributed by atoms with Gasteiger partial charge in [0.15, 0.2) is 6.61 Å². The van der Waals surface area contributed by atoms with Crippen LogP contribution in [-0.2, 0) is 4.79 Å². The Kier molecular flexibility index (Phi) is 4.91. The number of primary amides is 1. The lowest BCUT2D eigenvalue weighted by atomic mass is 10.0. The van der Waals surface area contributed by atoms with Gasteiger partial charge in [-0.3, -0.25) is 14.5 Å². The molecule has 3 aromatic rings. The fourth-order valence-corrected chi connectivity index (χ4v) is 3.43.